The molecule has 0 radical (unpaired) electrons. The third kappa shape index (κ3) is 4.40. The van der Waals surface area contributed by atoms with Crippen molar-refractivity contribution in [1.82, 2.24) is 15.2 Å². The summed E-state index contributed by atoms with van der Waals surface area (Å²) in [5.41, 5.74) is 5.66. The van der Waals surface area contributed by atoms with Gasteiger partial charge in [-0.1, -0.05) is 30.2 Å². The van der Waals surface area contributed by atoms with E-state index in [9.17, 15) is 4.79 Å². The first kappa shape index (κ1) is 22.8. The van der Waals surface area contributed by atoms with Crippen LogP contribution in [0.1, 0.15) is 81.8 Å². The molecule has 1 aromatic rings. The van der Waals surface area contributed by atoms with Crippen LogP contribution in [-0.4, -0.2) is 47.6 Å². The number of fused-ring (bicyclic) bond motifs is 1. The Bertz CT molecular complexity index is 932. The molecule has 1 amide bonds. The Hall–Kier alpha value is -2.40. The first-order valence-electron chi connectivity index (χ1n) is 12.3. The highest BCUT2D eigenvalue weighted by atomic mass is 16.5. The Kier molecular flexibility index (Phi) is 6.85. The van der Waals surface area contributed by atoms with Gasteiger partial charge in [0.25, 0.3) is 5.91 Å². The van der Waals surface area contributed by atoms with Gasteiger partial charge in [0.1, 0.15) is 17.1 Å². The number of pyridine rings is 1. The molecule has 5 heteroatoms. The fraction of sp³-hybridized carbons (Fsp3) is 0.556. The van der Waals surface area contributed by atoms with Gasteiger partial charge < -0.3 is 15.0 Å². The highest BCUT2D eigenvalue weighted by molar-refractivity contribution is 5.92. The summed E-state index contributed by atoms with van der Waals surface area (Å²) in [6, 6.07) is 4.01. The van der Waals surface area contributed by atoms with Gasteiger partial charge in [-0.05, 0) is 83.7 Å². The van der Waals surface area contributed by atoms with Crippen molar-refractivity contribution in [3.05, 3.63) is 64.2 Å². The van der Waals surface area contributed by atoms with E-state index in [1.54, 1.807) is 0 Å². The second kappa shape index (κ2) is 9.62. The zero-order valence-corrected chi connectivity index (χ0v) is 20.0. The normalized spacial score (nSPS) is 22.4. The van der Waals surface area contributed by atoms with Crippen LogP contribution < -0.4 is 5.32 Å². The summed E-state index contributed by atoms with van der Waals surface area (Å²) in [6.45, 7) is 11.8. The summed E-state index contributed by atoms with van der Waals surface area (Å²) in [5, 5.41) is 3.48. The summed E-state index contributed by atoms with van der Waals surface area (Å²) in [5.74, 6) is 1.28. The van der Waals surface area contributed by atoms with E-state index < -0.39 is 0 Å². The lowest BCUT2D eigenvalue weighted by Gasteiger charge is -2.46. The first-order valence-corrected chi connectivity index (χ1v) is 12.3. The van der Waals surface area contributed by atoms with E-state index in [-0.39, 0.29) is 17.4 Å². The van der Waals surface area contributed by atoms with Gasteiger partial charge in [-0.15, -0.1) is 0 Å². The number of allylic oxidation sites excluding steroid dienone is 5. The Balaban J connectivity index is 1.70. The lowest BCUT2D eigenvalue weighted by atomic mass is 9.74. The van der Waals surface area contributed by atoms with Crippen molar-refractivity contribution in [1.29, 1.82) is 0 Å². The Morgan fingerprint density at radius 2 is 1.97 bits per heavy atom. The number of carbonyl (C=O) groups is 1. The predicted octanol–water partition coefficient (Wildman–Crippen LogP) is 5.13. The number of amides is 1. The van der Waals surface area contributed by atoms with E-state index in [0.29, 0.717) is 18.8 Å². The van der Waals surface area contributed by atoms with Crippen LogP contribution >= 0.6 is 0 Å². The standard InChI is InChI=1S/C27H37N3O2/c1-5-20-9-11-25-22(16-19(20)4)23(17-27(32-25)12-14-28-15-13-27)21-8-10-24(29-18-21)26(31)30(6-2)7-3/h8,10-11,16,18,23,28H,5-7,9,12-15,17H2,1-4H3. The predicted molar refractivity (Wildman–Crippen MR) is 129 cm³/mol. The minimum atomic E-state index is -0.126. The number of aromatic nitrogens is 1. The van der Waals surface area contributed by atoms with Gasteiger partial charge in [0.05, 0.1) is 0 Å². The van der Waals surface area contributed by atoms with Gasteiger partial charge in [0.2, 0.25) is 0 Å². The molecule has 3 heterocycles. The van der Waals surface area contributed by atoms with Gasteiger partial charge in [-0.2, -0.15) is 0 Å². The van der Waals surface area contributed by atoms with E-state index in [4.69, 9.17) is 4.74 Å². The van der Waals surface area contributed by atoms with Gasteiger partial charge >= 0.3 is 0 Å². The maximum atomic E-state index is 12.7. The smallest absolute Gasteiger partial charge is 0.272 e. The second-order valence-corrected chi connectivity index (χ2v) is 9.26. The Labute approximate surface area is 192 Å². The summed E-state index contributed by atoms with van der Waals surface area (Å²) in [6.07, 6.45) is 11.6. The highest BCUT2D eigenvalue weighted by Crippen LogP contribution is 2.49. The maximum absolute atomic E-state index is 12.7. The van der Waals surface area contributed by atoms with Crippen molar-refractivity contribution in [2.45, 2.75) is 71.3 Å². The molecule has 172 valence electrons. The molecule has 1 N–H and O–H groups in total. The highest BCUT2D eigenvalue weighted by Gasteiger charge is 2.44. The molecule has 1 atom stereocenters. The van der Waals surface area contributed by atoms with E-state index >= 15 is 0 Å². The zero-order chi connectivity index (χ0) is 22.7. The zero-order valence-electron chi connectivity index (χ0n) is 20.0. The van der Waals surface area contributed by atoms with Crippen molar-refractivity contribution >= 4 is 5.91 Å². The van der Waals surface area contributed by atoms with E-state index in [0.717, 1.165) is 51.0 Å². The van der Waals surface area contributed by atoms with Gasteiger partial charge in [-0.3, -0.25) is 9.78 Å². The van der Waals surface area contributed by atoms with Gasteiger partial charge in [0, 0.05) is 30.8 Å². The molecule has 2 saturated heterocycles. The van der Waals surface area contributed by atoms with Gasteiger partial charge in [0.15, 0.2) is 0 Å². The number of rotatable bonds is 5. The summed E-state index contributed by atoms with van der Waals surface area (Å²) in [4.78, 5) is 19.2. The molecule has 0 aromatic carbocycles. The number of ether oxygens (including phenoxy) is 1. The van der Waals surface area contributed by atoms with E-state index in [1.165, 1.54) is 22.3 Å². The number of hydrogen-bond acceptors (Lipinski definition) is 4. The molecule has 4 rings (SSSR count). The first-order chi connectivity index (χ1) is 15.5. The average molecular weight is 436 g/mol. The third-order valence-electron chi connectivity index (χ3n) is 7.43. The lowest BCUT2D eigenvalue weighted by molar-refractivity contribution is -0.0457. The molecule has 1 aliphatic carbocycles. The Morgan fingerprint density at radius 1 is 1.22 bits per heavy atom. The molecule has 0 bridgehead atoms. The van der Waals surface area contributed by atoms with Crippen LogP contribution in [0.15, 0.2) is 53.0 Å². The van der Waals surface area contributed by atoms with Crippen LogP contribution in [0.4, 0.5) is 0 Å². The van der Waals surface area contributed by atoms with Crippen molar-refractivity contribution in [3.8, 4) is 0 Å². The minimum absolute atomic E-state index is 0.00369. The number of piperidine rings is 1. The largest absolute Gasteiger partial charge is 0.487 e. The number of carbonyl (C=O) groups excluding carboxylic acids is 1. The molecule has 1 unspecified atom stereocenters. The molecule has 3 aliphatic rings. The van der Waals surface area contributed by atoms with Crippen LogP contribution in [0.25, 0.3) is 0 Å². The second-order valence-electron chi connectivity index (χ2n) is 9.26. The summed E-state index contributed by atoms with van der Waals surface area (Å²) < 4.78 is 6.76. The number of hydrogen-bond donors (Lipinski definition) is 1. The van der Waals surface area contributed by atoms with Crippen LogP contribution in [0.3, 0.4) is 0 Å². The number of nitrogens with one attached hydrogen (secondary N) is 1. The molecular weight excluding hydrogens is 398 g/mol. The molecule has 1 aromatic heterocycles. The van der Waals surface area contributed by atoms with Crippen molar-refractivity contribution in [2.75, 3.05) is 26.2 Å². The topological polar surface area (TPSA) is 54.5 Å². The fourth-order valence-electron chi connectivity index (χ4n) is 5.35. The summed E-state index contributed by atoms with van der Waals surface area (Å²) >= 11 is 0. The molecular formula is C27H37N3O2. The van der Waals surface area contributed by atoms with Gasteiger partial charge in [-0.25, -0.2) is 0 Å². The summed E-state index contributed by atoms with van der Waals surface area (Å²) in [7, 11) is 0. The molecule has 2 aliphatic heterocycles. The van der Waals surface area contributed by atoms with Crippen LogP contribution in [-0.2, 0) is 4.74 Å². The molecule has 0 saturated carbocycles. The monoisotopic (exact) mass is 435 g/mol. The van der Waals surface area contributed by atoms with Crippen molar-refractivity contribution < 1.29 is 9.53 Å². The number of nitrogens with zero attached hydrogens (tertiary/aromatic N) is 2. The molecule has 2 fully saturated rings. The molecule has 32 heavy (non-hydrogen) atoms. The molecule has 5 nitrogen and oxygen atoms in total. The third-order valence-corrected chi connectivity index (χ3v) is 7.43. The minimum Gasteiger partial charge on any atom is -0.487 e. The molecule has 1 spiro atoms. The van der Waals surface area contributed by atoms with Crippen LogP contribution in [0.2, 0.25) is 0 Å². The van der Waals surface area contributed by atoms with Crippen molar-refractivity contribution in [3.63, 3.8) is 0 Å². The maximum Gasteiger partial charge on any atom is 0.272 e. The van der Waals surface area contributed by atoms with E-state index in [1.807, 2.05) is 31.0 Å². The average Bonchev–Trinajstić information content (AvgIpc) is 2.97. The van der Waals surface area contributed by atoms with E-state index in [2.05, 4.69) is 42.4 Å². The lowest BCUT2D eigenvalue weighted by Crippen LogP contribution is -2.47. The van der Waals surface area contributed by atoms with Crippen LogP contribution in [0.5, 0.6) is 0 Å². The van der Waals surface area contributed by atoms with Crippen molar-refractivity contribution in [2.24, 2.45) is 0 Å². The SMILES string of the molecule is CCC1=C(C)C=C2C(=CC1)OC1(CCNCC1)CC2c1ccc(C(=O)N(CC)CC)nc1. The van der Waals surface area contributed by atoms with Crippen LogP contribution in [0, 0.1) is 0 Å². The quantitative estimate of drug-likeness (QED) is 0.697. The Morgan fingerprint density at radius 3 is 2.59 bits per heavy atom. The fourth-order valence-corrected chi connectivity index (χ4v) is 5.35.